The molecule has 218 valence electrons. The normalized spacial score (nSPS) is 15.6. The molecule has 6 nitrogen and oxygen atoms in total. The Morgan fingerprint density at radius 2 is 1.95 bits per heavy atom. The molecule has 3 heterocycles. The minimum atomic E-state index is -0.462. The van der Waals surface area contributed by atoms with Crippen LogP contribution in [0.25, 0.3) is 21.0 Å². The standard InChI is InChI=1S/C33H34FN3O3S2/c1-22-7-5-14-37(20-22)15-6-16-39-31-19-27-25(18-30(31)38-2)28(12-13-35-27)40-29-11-10-23(17-26(29)34)36-42-33-21-41-32-9-4-3-8-24(32)33/h3-4,8-13,17-19,21-22,36H,5-7,14-16,20H2,1-2H3. The summed E-state index contributed by atoms with van der Waals surface area (Å²) in [7, 11) is 1.61. The first-order valence-corrected chi connectivity index (χ1v) is 16.0. The zero-order chi connectivity index (χ0) is 28.9. The molecule has 0 saturated carbocycles. The van der Waals surface area contributed by atoms with Gasteiger partial charge in [0, 0.05) is 62.9 Å². The Bertz CT molecular complexity index is 1680. The highest BCUT2D eigenvalue weighted by Gasteiger charge is 2.17. The van der Waals surface area contributed by atoms with Gasteiger partial charge in [-0.05, 0) is 74.0 Å². The van der Waals surface area contributed by atoms with Gasteiger partial charge >= 0.3 is 0 Å². The second kappa shape index (κ2) is 13.2. The average Bonchev–Trinajstić information content (AvgIpc) is 3.42. The zero-order valence-electron chi connectivity index (χ0n) is 23.8. The van der Waals surface area contributed by atoms with Crippen LogP contribution in [-0.2, 0) is 0 Å². The van der Waals surface area contributed by atoms with Crippen LogP contribution in [0.1, 0.15) is 26.2 Å². The molecule has 5 aromatic rings. The lowest BCUT2D eigenvalue weighted by molar-refractivity contribution is 0.169. The number of likely N-dealkylation sites (tertiary alicyclic amines) is 1. The smallest absolute Gasteiger partial charge is 0.167 e. The van der Waals surface area contributed by atoms with Gasteiger partial charge in [-0.2, -0.15) is 0 Å². The summed E-state index contributed by atoms with van der Waals surface area (Å²) in [5, 5.41) is 4.00. The highest BCUT2D eigenvalue weighted by atomic mass is 32.2. The number of nitrogens with zero attached hydrogens (tertiary/aromatic N) is 2. The number of hydrogen-bond acceptors (Lipinski definition) is 8. The Balaban J connectivity index is 1.12. The van der Waals surface area contributed by atoms with E-state index in [1.165, 1.54) is 47.5 Å². The maximum Gasteiger partial charge on any atom is 0.167 e. The van der Waals surface area contributed by atoms with Crippen LogP contribution in [-0.4, -0.2) is 43.2 Å². The van der Waals surface area contributed by atoms with Gasteiger partial charge in [0.1, 0.15) is 5.75 Å². The molecule has 0 aliphatic carbocycles. The van der Waals surface area contributed by atoms with Crippen molar-refractivity contribution in [3.8, 4) is 23.0 Å². The lowest BCUT2D eigenvalue weighted by Crippen LogP contribution is -2.35. The number of ether oxygens (including phenoxy) is 3. The summed E-state index contributed by atoms with van der Waals surface area (Å²) in [5.74, 6) is 2.15. The predicted octanol–water partition coefficient (Wildman–Crippen LogP) is 9.01. The summed E-state index contributed by atoms with van der Waals surface area (Å²) >= 11 is 3.16. The van der Waals surface area contributed by atoms with Gasteiger partial charge in [0.05, 0.1) is 19.2 Å². The molecular weight excluding hydrogens is 570 g/mol. The molecule has 1 unspecified atom stereocenters. The van der Waals surface area contributed by atoms with Gasteiger partial charge < -0.3 is 23.8 Å². The van der Waals surface area contributed by atoms with Crippen molar-refractivity contribution in [1.29, 1.82) is 0 Å². The molecule has 1 N–H and O–H groups in total. The number of piperidine rings is 1. The molecule has 42 heavy (non-hydrogen) atoms. The number of fused-ring (bicyclic) bond motifs is 2. The van der Waals surface area contributed by atoms with Crippen LogP contribution in [0.4, 0.5) is 10.1 Å². The minimum Gasteiger partial charge on any atom is -0.493 e. The van der Waals surface area contributed by atoms with Crippen LogP contribution in [0, 0.1) is 11.7 Å². The minimum absolute atomic E-state index is 0.130. The lowest BCUT2D eigenvalue weighted by Gasteiger charge is -2.30. The molecule has 9 heteroatoms. The van der Waals surface area contributed by atoms with Crippen molar-refractivity contribution < 1.29 is 18.6 Å². The SMILES string of the molecule is COc1cc2c(Oc3ccc(NSc4csc5ccccc45)cc3F)ccnc2cc1OCCCN1CCCC(C)C1. The van der Waals surface area contributed by atoms with E-state index in [9.17, 15) is 0 Å². The van der Waals surface area contributed by atoms with Crippen LogP contribution >= 0.6 is 23.3 Å². The van der Waals surface area contributed by atoms with Gasteiger partial charge in [0.2, 0.25) is 0 Å². The Morgan fingerprint density at radius 1 is 1.05 bits per heavy atom. The number of rotatable bonds is 11. The summed E-state index contributed by atoms with van der Waals surface area (Å²) in [6.45, 7) is 6.27. The molecule has 1 saturated heterocycles. The fourth-order valence-electron chi connectivity index (χ4n) is 5.36. The van der Waals surface area contributed by atoms with Gasteiger partial charge in [-0.15, -0.1) is 11.3 Å². The van der Waals surface area contributed by atoms with Crippen LogP contribution in [0.15, 0.2) is 77.1 Å². The molecule has 0 bridgehead atoms. The molecule has 1 aliphatic heterocycles. The second-order valence-corrected chi connectivity index (χ2v) is 12.4. The Kier molecular flexibility index (Phi) is 8.98. The quantitative estimate of drug-likeness (QED) is 0.119. The van der Waals surface area contributed by atoms with E-state index in [-0.39, 0.29) is 5.75 Å². The molecule has 3 aromatic carbocycles. The van der Waals surface area contributed by atoms with Crippen molar-refractivity contribution in [3.05, 3.63) is 78.1 Å². The molecule has 1 atom stereocenters. The first-order valence-electron chi connectivity index (χ1n) is 14.3. The lowest BCUT2D eigenvalue weighted by atomic mass is 10.0. The Hall–Kier alpha value is -3.53. The number of thiophene rings is 1. The summed E-state index contributed by atoms with van der Waals surface area (Å²) < 4.78 is 37.4. The third-order valence-corrected chi connectivity index (χ3v) is 9.49. The second-order valence-electron chi connectivity index (χ2n) is 10.6. The maximum atomic E-state index is 15.2. The van der Waals surface area contributed by atoms with Gasteiger partial charge in [-0.3, -0.25) is 4.98 Å². The van der Waals surface area contributed by atoms with E-state index in [2.05, 4.69) is 39.0 Å². The molecular formula is C33H34FN3O3S2. The molecule has 0 amide bonds. The highest BCUT2D eigenvalue weighted by molar-refractivity contribution is 8.01. The predicted molar refractivity (Wildman–Crippen MR) is 171 cm³/mol. The molecule has 0 radical (unpaired) electrons. The van der Waals surface area contributed by atoms with Crippen molar-refractivity contribution in [2.24, 2.45) is 5.92 Å². The number of pyridine rings is 1. The Labute approximate surface area is 253 Å². The van der Waals surface area contributed by atoms with E-state index in [1.54, 1.807) is 42.8 Å². The number of hydrogen-bond donors (Lipinski definition) is 1. The number of methoxy groups -OCH3 is 1. The van der Waals surface area contributed by atoms with Crippen LogP contribution in [0.3, 0.4) is 0 Å². The maximum absolute atomic E-state index is 15.2. The van der Waals surface area contributed by atoms with E-state index < -0.39 is 5.82 Å². The fraction of sp³-hybridized carbons (Fsp3) is 0.303. The van der Waals surface area contributed by atoms with E-state index in [0.29, 0.717) is 40.4 Å². The largest absolute Gasteiger partial charge is 0.493 e. The summed E-state index contributed by atoms with van der Waals surface area (Å²) in [4.78, 5) is 8.13. The highest BCUT2D eigenvalue weighted by Crippen LogP contribution is 2.39. The van der Waals surface area contributed by atoms with Crippen molar-refractivity contribution in [1.82, 2.24) is 9.88 Å². The molecule has 1 aliphatic rings. The fourth-order valence-corrected chi connectivity index (χ4v) is 7.23. The molecule has 1 fully saturated rings. The number of nitrogens with one attached hydrogen (secondary N) is 1. The monoisotopic (exact) mass is 603 g/mol. The zero-order valence-corrected chi connectivity index (χ0v) is 25.4. The van der Waals surface area contributed by atoms with E-state index in [4.69, 9.17) is 14.2 Å². The summed E-state index contributed by atoms with van der Waals surface area (Å²) in [6, 6.07) is 18.5. The van der Waals surface area contributed by atoms with Crippen molar-refractivity contribution in [2.45, 2.75) is 31.1 Å². The number of anilines is 1. The van der Waals surface area contributed by atoms with Gasteiger partial charge in [0.15, 0.2) is 23.1 Å². The van der Waals surface area contributed by atoms with Crippen LogP contribution in [0.5, 0.6) is 23.0 Å². The number of aromatic nitrogens is 1. The van der Waals surface area contributed by atoms with E-state index in [1.807, 2.05) is 24.3 Å². The first kappa shape index (κ1) is 28.6. The molecule has 0 spiro atoms. The van der Waals surface area contributed by atoms with Crippen molar-refractivity contribution in [3.63, 3.8) is 0 Å². The van der Waals surface area contributed by atoms with Crippen LogP contribution < -0.4 is 18.9 Å². The average molecular weight is 604 g/mol. The van der Waals surface area contributed by atoms with Gasteiger partial charge in [0.25, 0.3) is 0 Å². The Morgan fingerprint density at radius 3 is 2.81 bits per heavy atom. The van der Waals surface area contributed by atoms with Crippen LogP contribution in [0.2, 0.25) is 0 Å². The van der Waals surface area contributed by atoms with Gasteiger partial charge in [-0.1, -0.05) is 25.1 Å². The molecule has 6 rings (SSSR count). The third kappa shape index (κ3) is 6.59. The topological polar surface area (TPSA) is 55.9 Å². The first-order chi connectivity index (χ1) is 20.6. The van der Waals surface area contributed by atoms with E-state index >= 15 is 4.39 Å². The van der Waals surface area contributed by atoms with Crippen molar-refractivity contribution >= 4 is 50.0 Å². The van der Waals surface area contributed by atoms with Crippen molar-refractivity contribution in [2.75, 3.05) is 38.1 Å². The summed E-state index contributed by atoms with van der Waals surface area (Å²) in [5.41, 5.74) is 1.34. The number of halogens is 1. The van der Waals surface area contributed by atoms with E-state index in [0.717, 1.165) is 30.3 Å². The summed E-state index contributed by atoms with van der Waals surface area (Å²) in [6.07, 6.45) is 5.19. The number of benzene rings is 3. The molecule has 2 aromatic heterocycles. The van der Waals surface area contributed by atoms with Gasteiger partial charge in [-0.25, -0.2) is 4.39 Å². The third-order valence-electron chi connectivity index (χ3n) is 7.48.